The molecule has 0 aliphatic carbocycles. The van der Waals surface area contributed by atoms with Gasteiger partial charge in [0.1, 0.15) is 18.1 Å². The lowest BCUT2D eigenvalue weighted by Crippen LogP contribution is -2.58. The number of carbonyl (C=O) groups is 6. The highest BCUT2D eigenvalue weighted by Crippen LogP contribution is 2.15. The molecule has 0 aliphatic rings. The molecule has 0 fully saturated rings. The number of hydrogen-bond donors (Lipinski definition) is 8. The van der Waals surface area contributed by atoms with Crippen molar-refractivity contribution in [3.05, 3.63) is 0 Å². The monoisotopic (exact) mass is 685 g/mol. The molecule has 14 heteroatoms. The minimum Gasteiger partial charge on any atom is -0.481 e. The molecule has 0 heterocycles. The zero-order chi connectivity index (χ0) is 37.5. The summed E-state index contributed by atoms with van der Waals surface area (Å²) >= 11 is 0. The Morgan fingerprint density at radius 2 is 0.979 bits per heavy atom. The van der Waals surface area contributed by atoms with Crippen LogP contribution in [0.25, 0.3) is 0 Å². The fourth-order valence-corrected chi connectivity index (χ4v) is 5.07. The van der Waals surface area contributed by atoms with Gasteiger partial charge in [-0.1, -0.05) is 69.2 Å². The van der Waals surface area contributed by atoms with Crippen molar-refractivity contribution in [2.75, 3.05) is 0 Å². The van der Waals surface area contributed by atoms with Crippen molar-refractivity contribution in [1.82, 2.24) is 26.6 Å². The number of aliphatic hydroxyl groups is 2. The molecule has 0 saturated carbocycles. The van der Waals surface area contributed by atoms with Gasteiger partial charge in [0.05, 0.1) is 37.1 Å². The smallest absolute Gasteiger partial charge is 0.306 e. The van der Waals surface area contributed by atoms with E-state index in [2.05, 4.69) is 26.6 Å². The van der Waals surface area contributed by atoms with Gasteiger partial charge in [-0.25, -0.2) is 0 Å². The predicted octanol–water partition coefficient (Wildman–Crippen LogP) is 1.47. The summed E-state index contributed by atoms with van der Waals surface area (Å²) in [6.07, 6.45) is -2.64. The van der Waals surface area contributed by atoms with E-state index in [4.69, 9.17) is 5.11 Å². The van der Waals surface area contributed by atoms with E-state index in [1.165, 1.54) is 6.92 Å². The van der Waals surface area contributed by atoms with Crippen LogP contribution in [0, 0.1) is 29.6 Å². The molecule has 0 aromatic rings. The molecular weight excluding hydrogens is 622 g/mol. The SMILES string of the molecule is CC(C)CC(NC(=O)C(C)C)C(=O)NC(C(=O)NC(CC(C)C)C(O)CC(=O)NC(C)C(=O)NC(CC(C)C)C(O)CC(=O)O)C(C)C. The molecule has 0 aromatic carbocycles. The summed E-state index contributed by atoms with van der Waals surface area (Å²) < 4.78 is 0. The number of carboxylic acids is 1. The van der Waals surface area contributed by atoms with Crippen molar-refractivity contribution in [2.24, 2.45) is 29.6 Å². The summed E-state index contributed by atoms with van der Waals surface area (Å²) in [7, 11) is 0. The summed E-state index contributed by atoms with van der Waals surface area (Å²) in [5.41, 5.74) is 0. The molecule has 48 heavy (non-hydrogen) atoms. The van der Waals surface area contributed by atoms with Gasteiger partial charge in [0.2, 0.25) is 29.5 Å². The first kappa shape index (κ1) is 44.7. The second kappa shape index (κ2) is 21.7. The summed E-state index contributed by atoms with van der Waals surface area (Å²) in [5, 5.41) is 43.9. The molecule has 7 atom stereocenters. The molecule has 0 aromatic heterocycles. The van der Waals surface area contributed by atoms with Crippen LogP contribution in [0.3, 0.4) is 0 Å². The number of carboxylic acid groups (broad SMARTS) is 1. The van der Waals surface area contributed by atoms with Gasteiger partial charge in [-0.05, 0) is 49.9 Å². The van der Waals surface area contributed by atoms with E-state index in [-0.39, 0.29) is 35.5 Å². The third kappa shape index (κ3) is 17.8. The quantitative estimate of drug-likeness (QED) is 0.0825. The number of aliphatic hydroxyl groups excluding tert-OH is 2. The van der Waals surface area contributed by atoms with Crippen molar-refractivity contribution in [3.8, 4) is 0 Å². The fraction of sp³-hybridized carbons (Fsp3) is 0.824. The average molecular weight is 686 g/mol. The van der Waals surface area contributed by atoms with Crippen LogP contribution in [-0.4, -0.2) is 93.2 Å². The molecule has 7 unspecified atom stereocenters. The topological polar surface area (TPSA) is 223 Å². The minimum absolute atomic E-state index is 0.0154. The van der Waals surface area contributed by atoms with Crippen LogP contribution in [0.4, 0.5) is 0 Å². The summed E-state index contributed by atoms with van der Waals surface area (Å²) in [5.74, 6) is -4.35. The molecule has 278 valence electrons. The standard InChI is InChI=1S/C34H63N5O9/c1-17(2)12-23(37-34(48)30(20(7)8)39-33(47)25(14-19(5)6)38-31(45)21(9)10)26(40)15-28(42)35-22(11)32(46)36-24(13-18(3)4)27(41)16-29(43)44/h17-27,30,40-41H,12-16H2,1-11H3,(H,35,42)(H,36,46)(H,37,48)(H,38,45)(H,39,47)(H,43,44). The van der Waals surface area contributed by atoms with Crippen LogP contribution in [0.1, 0.15) is 108 Å². The van der Waals surface area contributed by atoms with Gasteiger partial charge >= 0.3 is 5.97 Å². The van der Waals surface area contributed by atoms with Gasteiger partial charge < -0.3 is 41.9 Å². The number of aliphatic carboxylic acids is 1. The van der Waals surface area contributed by atoms with Crippen molar-refractivity contribution in [2.45, 2.75) is 151 Å². The third-order valence-electron chi connectivity index (χ3n) is 7.70. The first-order chi connectivity index (χ1) is 22.0. The van der Waals surface area contributed by atoms with Crippen LogP contribution in [0.2, 0.25) is 0 Å². The summed E-state index contributed by atoms with van der Waals surface area (Å²) in [6.45, 7) is 19.7. The number of nitrogens with one attached hydrogen (secondary N) is 5. The molecule has 14 nitrogen and oxygen atoms in total. The number of carbonyl (C=O) groups excluding carboxylic acids is 5. The normalized spacial score (nSPS) is 16.1. The largest absolute Gasteiger partial charge is 0.481 e. The van der Waals surface area contributed by atoms with Gasteiger partial charge in [0, 0.05) is 5.92 Å². The van der Waals surface area contributed by atoms with Crippen LogP contribution in [0.5, 0.6) is 0 Å². The summed E-state index contributed by atoms with van der Waals surface area (Å²) in [4.78, 5) is 76.0. The maximum atomic E-state index is 13.5. The van der Waals surface area contributed by atoms with Gasteiger partial charge in [0.25, 0.3) is 0 Å². The third-order valence-corrected chi connectivity index (χ3v) is 7.70. The zero-order valence-electron chi connectivity index (χ0n) is 30.8. The van der Waals surface area contributed by atoms with Crippen LogP contribution >= 0.6 is 0 Å². The Morgan fingerprint density at radius 1 is 0.521 bits per heavy atom. The molecule has 0 radical (unpaired) electrons. The van der Waals surface area contributed by atoms with E-state index >= 15 is 0 Å². The Balaban J connectivity index is 5.64. The Hall–Kier alpha value is -3.26. The Labute approximate surface area is 286 Å². The van der Waals surface area contributed by atoms with Gasteiger partial charge in [0.15, 0.2) is 0 Å². The Kier molecular flexibility index (Phi) is 20.2. The van der Waals surface area contributed by atoms with Gasteiger partial charge in [-0.3, -0.25) is 28.8 Å². The highest BCUT2D eigenvalue weighted by atomic mass is 16.4. The summed E-state index contributed by atoms with van der Waals surface area (Å²) in [6, 6.07) is -4.59. The molecule has 8 N–H and O–H groups in total. The lowest BCUT2D eigenvalue weighted by atomic mass is 9.95. The molecule has 0 aliphatic heterocycles. The number of amides is 5. The lowest BCUT2D eigenvalue weighted by Gasteiger charge is -2.30. The number of hydrogen-bond acceptors (Lipinski definition) is 8. The second-order valence-electron chi connectivity index (χ2n) is 14.8. The zero-order valence-corrected chi connectivity index (χ0v) is 30.8. The molecule has 0 rings (SSSR count). The number of rotatable bonds is 22. The Morgan fingerprint density at radius 3 is 1.40 bits per heavy atom. The second-order valence-corrected chi connectivity index (χ2v) is 14.8. The van der Waals surface area contributed by atoms with Crippen molar-refractivity contribution < 1.29 is 44.1 Å². The van der Waals surface area contributed by atoms with E-state index in [0.717, 1.165) is 0 Å². The molecule has 0 spiro atoms. The molecule has 0 saturated heterocycles. The molecule has 0 bridgehead atoms. The maximum absolute atomic E-state index is 13.5. The van der Waals surface area contributed by atoms with E-state index in [9.17, 15) is 39.0 Å². The van der Waals surface area contributed by atoms with Gasteiger partial charge in [-0.15, -0.1) is 0 Å². The minimum atomic E-state index is -1.33. The van der Waals surface area contributed by atoms with Crippen LogP contribution in [0.15, 0.2) is 0 Å². The van der Waals surface area contributed by atoms with Crippen LogP contribution in [-0.2, 0) is 28.8 Å². The highest BCUT2D eigenvalue weighted by Gasteiger charge is 2.33. The first-order valence-corrected chi connectivity index (χ1v) is 17.1. The Bertz CT molecular complexity index is 1060. The van der Waals surface area contributed by atoms with Crippen molar-refractivity contribution in [3.63, 3.8) is 0 Å². The van der Waals surface area contributed by atoms with Crippen molar-refractivity contribution in [1.29, 1.82) is 0 Å². The molecular formula is C34H63N5O9. The lowest BCUT2D eigenvalue weighted by molar-refractivity contribution is -0.140. The molecule has 5 amide bonds. The fourth-order valence-electron chi connectivity index (χ4n) is 5.07. The van der Waals surface area contributed by atoms with E-state index in [0.29, 0.717) is 19.3 Å². The van der Waals surface area contributed by atoms with Crippen molar-refractivity contribution >= 4 is 35.5 Å². The van der Waals surface area contributed by atoms with E-state index in [1.807, 2.05) is 41.5 Å². The van der Waals surface area contributed by atoms with E-state index in [1.54, 1.807) is 27.7 Å². The van der Waals surface area contributed by atoms with Crippen LogP contribution < -0.4 is 26.6 Å². The average Bonchev–Trinajstić information content (AvgIpc) is 2.92. The van der Waals surface area contributed by atoms with Gasteiger partial charge in [-0.2, -0.15) is 0 Å². The van der Waals surface area contributed by atoms with E-state index < -0.39 is 84.9 Å². The maximum Gasteiger partial charge on any atom is 0.306 e. The highest BCUT2D eigenvalue weighted by molar-refractivity contribution is 5.92. The first-order valence-electron chi connectivity index (χ1n) is 17.1. The predicted molar refractivity (Wildman–Crippen MR) is 182 cm³/mol.